The quantitative estimate of drug-likeness (QED) is 0.754. The lowest BCUT2D eigenvalue weighted by atomic mass is 10.1. The summed E-state index contributed by atoms with van der Waals surface area (Å²) in [7, 11) is 0. The summed E-state index contributed by atoms with van der Waals surface area (Å²) in [6.07, 6.45) is 1.78. The number of benzene rings is 1. The standard InChI is InChI=1S/C13H18N4O2/c1-9-3-4-12(10(2)13(9)19)14-7-11-8-17(5-6-18)16-15-11/h3-4,8,14,18-19H,5-7H2,1-2H3. The maximum atomic E-state index is 9.86. The number of aliphatic hydroxyl groups excluding tert-OH is 1. The summed E-state index contributed by atoms with van der Waals surface area (Å²) in [4.78, 5) is 0. The van der Waals surface area contributed by atoms with E-state index in [0.717, 1.165) is 22.5 Å². The maximum absolute atomic E-state index is 9.86. The number of phenolic OH excluding ortho intramolecular Hbond substituents is 1. The molecule has 0 saturated heterocycles. The minimum atomic E-state index is 0.0428. The van der Waals surface area contributed by atoms with Crippen LogP contribution < -0.4 is 5.32 Å². The molecule has 0 aliphatic heterocycles. The van der Waals surface area contributed by atoms with E-state index in [2.05, 4.69) is 15.6 Å². The molecule has 0 unspecified atom stereocenters. The Balaban J connectivity index is 2.04. The summed E-state index contributed by atoms with van der Waals surface area (Å²) in [5, 5.41) is 29.8. The number of anilines is 1. The Kier molecular flexibility index (Phi) is 4.01. The van der Waals surface area contributed by atoms with Gasteiger partial charge in [0.1, 0.15) is 11.4 Å². The number of aliphatic hydroxyl groups is 1. The fraction of sp³-hybridized carbons (Fsp3) is 0.385. The Labute approximate surface area is 111 Å². The van der Waals surface area contributed by atoms with E-state index in [1.165, 1.54) is 0 Å². The molecule has 0 spiro atoms. The normalized spacial score (nSPS) is 10.7. The van der Waals surface area contributed by atoms with Crippen LogP contribution in [-0.2, 0) is 13.1 Å². The number of aryl methyl sites for hydroxylation is 1. The van der Waals surface area contributed by atoms with Crippen molar-refractivity contribution in [3.05, 3.63) is 35.2 Å². The summed E-state index contributed by atoms with van der Waals surface area (Å²) in [5.41, 5.74) is 3.34. The van der Waals surface area contributed by atoms with Gasteiger partial charge in [-0.2, -0.15) is 0 Å². The van der Waals surface area contributed by atoms with Crippen molar-refractivity contribution in [2.24, 2.45) is 0 Å². The van der Waals surface area contributed by atoms with E-state index >= 15 is 0 Å². The summed E-state index contributed by atoms with van der Waals surface area (Å²) in [6.45, 7) is 4.74. The first kappa shape index (κ1) is 13.4. The number of aromatic hydroxyl groups is 1. The fourth-order valence-electron chi connectivity index (χ4n) is 1.84. The first-order valence-corrected chi connectivity index (χ1v) is 6.14. The molecule has 0 fully saturated rings. The molecule has 1 aromatic carbocycles. The van der Waals surface area contributed by atoms with Crippen molar-refractivity contribution in [2.75, 3.05) is 11.9 Å². The van der Waals surface area contributed by atoms with E-state index in [4.69, 9.17) is 5.11 Å². The van der Waals surface area contributed by atoms with Crippen molar-refractivity contribution in [3.63, 3.8) is 0 Å². The number of aromatic nitrogens is 3. The van der Waals surface area contributed by atoms with Gasteiger partial charge in [-0.3, -0.25) is 0 Å². The van der Waals surface area contributed by atoms with Gasteiger partial charge in [0.05, 0.1) is 25.9 Å². The number of rotatable bonds is 5. The average Bonchev–Trinajstić information content (AvgIpc) is 2.83. The highest BCUT2D eigenvalue weighted by molar-refractivity contribution is 5.59. The monoisotopic (exact) mass is 262 g/mol. The molecule has 0 bridgehead atoms. The Morgan fingerprint density at radius 3 is 2.84 bits per heavy atom. The predicted octanol–water partition coefficient (Wildman–Crippen LogP) is 1.20. The number of nitrogens with one attached hydrogen (secondary N) is 1. The molecule has 0 aliphatic carbocycles. The zero-order chi connectivity index (χ0) is 13.8. The molecule has 0 aliphatic rings. The van der Waals surface area contributed by atoms with E-state index in [1.54, 1.807) is 10.9 Å². The highest BCUT2D eigenvalue weighted by Crippen LogP contribution is 2.28. The molecule has 0 atom stereocenters. The lowest BCUT2D eigenvalue weighted by Crippen LogP contribution is -2.03. The van der Waals surface area contributed by atoms with Crippen LogP contribution in [0.5, 0.6) is 5.75 Å². The second-order valence-electron chi connectivity index (χ2n) is 4.45. The van der Waals surface area contributed by atoms with Crippen LogP contribution in [-0.4, -0.2) is 31.8 Å². The molecule has 0 amide bonds. The van der Waals surface area contributed by atoms with E-state index in [-0.39, 0.29) is 6.61 Å². The largest absolute Gasteiger partial charge is 0.507 e. The Morgan fingerprint density at radius 2 is 2.11 bits per heavy atom. The van der Waals surface area contributed by atoms with Crippen LogP contribution in [0, 0.1) is 13.8 Å². The molecule has 6 heteroatoms. The highest BCUT2D eigenvalue weighted by Gasteiger charge is 2.07. The van der Waals surface area contributed by atoms with Gasteiger partial charge < -0.3 is 15.5 Å². The number of hydrogen-bond donors (Lipinski definition) is 3. The second-order valence-corrected chi connectivity index (χ2v) is 4.45. The van der Waals surface area contributed by atoms with Crippen molar-refractivity contribution in [3.8, 4) is 5.75 Å². The number of nitrogens with zero attached hydrogens (tertiary/aromatic N) is 3. The van der Waals surface area contributed by atoms with Crippen LogP contribution in [0.3, 0.4) is 0 Å². The molecule has 1 heterocycles. The van der Waals surface area contributed by atoms with Crippen LogP contribution in [0.1, 0.15) is 16.8 Å². The Hall–Kier alpha value is -2.08. The summed E-state index contributed by atoms with van der Waals surface area (Å²) in [5.74, 6) is 0.314. The first-order chi connectivity index (χ1) is 9.11. The van der Waals surface area contributed by atoms with Crippen LogP contribution >= 0.6 is 0 Å². The predicted molar refractivity (Wildman–Crippen MR) is 72.0 cm³/mol. The summed E-state index contributed by atoms with van der Waals surface area (Å²) in [6, 6.07) is 3.80. The third-order valence-electron chi connectivity index (χ3n) is 3.01. The summed E-state index contributed by atoms with van der Waals surface area (Å²) >= 11 is 0. The van der Waals surface area contributed by atoms with E-state index < -0.39 is 0 Å². The number of phenols is 1. The highest BCUT2D eigenvalue weighted by atomic mass is 16.3. The minimum Gasteiger partial charge on any atom is -0.507 e. The Bertz CT molecular complexity index is 566. The lowest BCUT2D eigenvalue weighted by molar-refractivity contribution is 0.268. The molecule has 2 aromatic rings. The zero-order valence-electron chi connectivity index (χ0n) is 11.1. The average molecular weight is 262 g/mol. The van der Waals surface area contributed by atoms with Crippen molar-refractivity contribution < 1.29 is 10.2 Å². The topological polar surface area (TPSA) is 83.2 Å². The van der Waals surface area contributed by atoms with Gasteiger partial charge >= 0.3 is 0 Å². The van der Waals surface area contributed by atoms with Crippen LogP contribution in [0.2, 0.25) is 0 Å². The zero-order valence-corrected chi connectivity index (χ0v) is 11.1. The molecule has 19 heavy (non-hydrogen) atoms. The smallest absolute Gasteiger partial charge is 0.123 e. The first-order valence-electron chi connectivity index (χ1n) is 6.14. The molecule has 0 radical (unpaired) electrons. The Morgan fingerprint density at radius 1 is 1.32 bits per heavy atom. The van der Waals surface area contributed by atoms with Crippen LogP contribution in [0.4, 0.5) is 5.69 Å². The molecule has 1 aromatic heterocycles. The van der Waals surface area contributed by atoms with Gasteiger partial charge in [-0.15, -0.1) is 5.10 Å². The van der Waals surface area contributed by atoms with Gasteiger partial charge in [0.25, 0.3) is 0 Å². The fourth-order valence-corrected chi connectivity index (χ4v) is 1.84. The van der Waals surface area contributed by atoms with Crippen molar-refractivity contribution in [1.29, 1.82) is 0 Å². The van der Waals surface area contributed by atoms with Crippen molar-refractivity contribution in [1.82, 2.24) is 15.0 Å². The van der Waals surface area contributed by atoms with Crippen LogP contribution in [0.25, 0.3) is 0 Å². The van der Waals surface area contributed by atoms with E-state index in [9.17, 15) is 5.11 Å². The molecule has 6 nitrogen and oxygen atoms in total. The number of hydrogen-bond acceptors (Lipinski definition) is 5. The van der Waals surface area contributed by atoms with Gasteiger partial charge in [-0.1, -0.05) is 11.3 Å². The van der Waals surface area contributed by atoms with Gasteiger partial charge in [-0.05, 0) is 25.5 Å². The maximum Gasteiger partial charge on any atom is 0.123 e. The van der Waals surface area contributed by atoms with Crippen LogP contribution in [0.15, 0.2) is 18.3 Å². The lowest BCUT2D eigenvalue weighted by Gasteiger charge is -2.11. The molecule has 0 saturated carbocycles. The minimum absolute atomic E-state index is 0.0428. The van der Waals surface area contributed by atoms with Gasteiger partial charge in [0.2, 0.25) is 0 Å². The molecular formula is C13H18N4O2. The molecule has 2 rings (SSSR count). The summed E-state index contributed by atoms with van der Waals surface area (Å²) < 4.78 is 1.59. The van der Waals surface area contributed by atoms with Crippen molar-refractivity contribution >= 4 is 5.69 Å². The second kappa shape index (κ2) is 5.71. The van der Waals surface area contributed by atoms with Gasteiger partial charge in [-0.25, -0.2) is 4.68 Å². The molecule has 102 valence electrons. The van der Waals surface area contributed by atoms with E-state index in [1.807, 2.05) is 26.0 Å². The van der Waals surface area contributed by atoms with Gasteiger partial charge in [0, 0.05) is 11.3 Å². The molecular weight excluding hydrogens is 244 g/mol. The third kappa shape index (κ3) is 3.03. The van der Waals surface area contributed by atoms with E-state index in [0.29, 0.717) is 18.8 Å². The third-order valence-corrected chi connectivity index (χ3v) is 3.01. The van der Waals surface area contributed by atoms with Gasteiger partial charge in [0.15, 0.2) is 0 Å². The van der Waals surface area contributed by atoms with Crippen molar-refractivity contribution in [2.45, 2.75) is 26.9 Å². The SMILES string of the molecule is Cc1ccc(NCc2cn(CCO)nn2)c(C)c1O. The molecule has 3 N–H and O–H groups in total.